The van der Waals surface area contributed by atoms with E-state index in [0.29, 0.717) is 43.4 Å². The maximum Gasteiger partial charge on any atom is 0.264 e. The van der Waals surface area contributed by atoms with E-state index in [-0.39, 0.29) is 17.7 Å². The molecule has 25 heavy (non-hydrogen) atoms. The zero-order valence-corrected chi connectivity index (χ0v) is 15.0. The summed E-state index contributed by atoms with van der Waals surface area (Å²) in [5.74, 6) is 1.69. The number of anilines is 1. The number of nitrogens with zero attached hydrogens (tertiary/aromatic N) is 2. The van der Waals surface area contributed by atoms with Gasteiger partial charge in [0.15, 0.2) is 5.82 Å². The number of aryl methyl sites for hydroxylation is 1. The summed E-state index contributed by atoms with van der Waals surface area (Å²) < 4.78 is 4.96. The van der Waals surface area contributed by atoms with Crippen molar-refractivity contribution in [2.75, 3.05) is 18.4 Å². The van der Waals surface area contributed by atoms with E-state index < -0.39 is 0 Å². The van der Waals surface area contributed by atoms with Crippen LogP contribution in [-0.2, 0) is 4.79 Å². The van der Waals surface area contributed by atoms with Crippen molar-refractivity contribution in [1.82, 2.24) is 10.1 Å². The predicted molar refractivity (Wildman–Crippen MR) is 94.8 cm³/mol. The number of likely N-dealkylation sites (tertiary alicyclic amines) is 1. The minimum absolute atomic E-state index is 0.0461. The van der Waals surface area contributed by atoms with E-state index in [1.165, 1.54) is 18.4 Å². The van der Waals surface area contributed by atoms with Gasteiger partial charge in [-0.15, -0.1) is 11.3 Å². The smallest absolute Gasteiger partial charge is 0.264 e. The molecule has 0 atom stereocenters. The predicted octanol–water partition coefficient (Wildman–Crippen LogP) is 3.41. The van der Waals surface area contributed by atoms with Crippen LogP contribution in [0.2, 0.25) is 0 Å². The molecule has 0 bridgehead atoms. The molecule has 2 fully saturated rings. The topological polar surface area (TPSA) is 75.4 Å². The van der Waals surface area contributed by atoms with Gasteiger partial charge in [-0.3, -0.25) is 9.59 Å². The van der Waals surface area contributed by atoms with Gasteiger partial charge >= 0.3 is 0 Å². The lowest BCUT2D eigenvalue weighted by molar-refractivity contribution is -0.121. The van der Waals surface area contributed by atoms with Gasteiger partial charge in [-0.1, -0.05) is 5.16 Å². The number of hydrogen-bond acceptors (Lipinski definition) is 5. The molecule has 0 radical (unpaired) electrons. The van der Waals surface area contributed by atoms with Crippen molar-refractivity contribution in [3.8, 4) is 0 Å². The molecule has 3 heterocycles. The number of nitrogens with one attached hydrogen (secondary N) is 1. The Morgan fingerprint density at radius 3 is 2.68 bits per heavy atom. The van der Waals surface area contributed by atoms with Crippen LogP contribution in [0.4, 0.5) is 5.82 Å². The highest BCUT2D eigenvalue weighted by Gasteiger charge is 2.33. The first kappa shape index (κ1) is 16.3. The van der Waals surface area contributed by atoms with Crippen molar-refractivity contribution < 1.29 is 14.1 Å². The Labute approximate surface area is 150 Å². The van der Waals surface area contributed by atoms with Crippen LogP contribution in [0.3, 0.4) is 0 Å². The van der Waals surface area contributed by atoms with Crippen LogP contribution in [0.25, 0.3) is 0 Å². The molecule has 1 saturated heterocycles. The van der Waals surface area contributed by atoms with Gasteiger partial charge in [-0.05, 0) is 55.5 Å². The Hall–Kier alpha value is -2.15. The lowest BCUT2D eigenvalue weighted by Gasteiger charge is -2.31. The van der Waals surface area contributed by atoms with Gasteiger partial charge in [0, 0.05) is 25.1 Å². The monoisotopic (exact) mass is 359 g/mol. The largest absolute Gasteiger partial charge is 0.360 e. The van der Waals surface area contributed by atoms with Crippen LogP contribution < -0.4 is 5.32 Å². The van der Waals surface area contributed by atoms with Gasteiger partial charge in [-0.2, -0.15) is 0 Å². The first-order valence-corrected chi connectivity index (χ1v) is 9.60. The molecular weight excluding hydrogens is 338 g/mol. The summed E-state index contributed by atoms with van der Waals surface area (Å²) in [7, 11) is 0. The van der Waals surface area contributed by atoms with Crippen molar-refractivity contribution in [3.63, 3.8) is 0 Å². The number of carbonyl (C=O) groups is 2. The quantitative estimate of drug-likeness (QED) is 0.908. The first-order chi connectivity index (χ1) is 12.1. The standard InChI is InChI=1S/C18H21N3O3S/c1-11-10-15(20-24-11)19-17(22)13-4-7-21(8-5-13)18(23)16-14(6-9-25-16)12-2-3-12/h6,9-10,12-13H,2-5,7-8H2,1H3,(H,19,20,22). The average molecular weight is 359 g/mol. The molecule has 2 amide bonds. The fourth-order valence-electron chi connectivity index (χ4n) is 3.35. The second kappa shape index (κ2) is 6.63. The maximum atomic E-state index is 12.8. The zero-order chi connectivity index (χ0) is 17.4. The second-order valence-corrected chi connectivity index (χ2v) is 7.77. The normalized spacial score (nSPS) is 18.4. The van der Waals surface area contributed by atoms with Crippen LogP contribution in [-0.4, -0.2) is 35.0 Å². The van der Waals surface area contributed by atoms with E-state index in [1.54, 1.807) is 24.3 Å². The first-order valence-electron chi connectivity index (χ1n) is 8.72. The number of amides is 2. The highest BCUT2D eigenvalue weighted by atomic mass is 32.1. The Morgan fingerprint density at radius 1 is 1.28 bits per heavy atom. The fraction of sp³-hybridized carbons (Fsp3) is 0.500. The molecule has 7 heteroatoms. The van der Waals surface area contributed by atoms with E-state index in [4.69, 9.17) is 4.52 Å². The lowest BCUT2D eigenvalue weighted by Crippen LogP contribution is -2.41. The highest BCUT2D eigenvalue weighted by molar-refractivity contribution is 7.12. The molecular formula is C18H21N3O3S. The third kappa shape index (κ3) is 3.46. The van der Waals surface area contributed by atoms with Crippen molar-refractivity contribution in [2.45, 2.75) is 38.5 Å². The van der Waals surface area contributed by atoms with Gasteiger partial charge in [0.05, 0.1) is 4.88 Å². The summed E-state index contributed by atoms with van der Waals surface area (Å²) in [6.45, 7) is 3.03. The summed E-state index contributed by atoms with van der Waals surface area (Å²) in [6.07, 6.45) is 3.75. The van der Waals surface area contributed by atoms with Crippen molar-refractivity contribution in [2.24, 2.45) is 5.92 Å². The Bertz CT molecular complexity index is 785. The van der Waals surface area contributed by atoms with E-state index >= 15 is 0 Å². The minimum atomic E-state index is -0.0905. The van der Waals surface area contributed by atoms with Crippen molar-refractivity contribution in [3.05, 3.63) is 33.7 Å². The number of thiophene rings is 1. The molecule has 0 unspecified atom stereocenters. The number of piperidine rings is 1. The number of hydrogen-bond donors (Lipinski definition) is 1. The van der Waals surface area contributed by atoms with E-state index in [1.807, 2.05) is 10.3 Å². The maximum absolute atomic E-state index is 12.8. The Morgan fingerprint density at radius 2 is 2.04 bits per heavy atom. The lowest BCUT2D eigenvalue weighted by atomic mass is 9.95. The summed E-state index contributed by atoms with van der Waals surface area (Å²) >= 11 is 1.54. The molecule has 2 aliphatic rings. The van der Waals surface area contributed by atoms with E-state index in [9.17, 15) is 9.59 Å². The molecule has 6 nitrogen and oxygen atoms in total. The van der Waals surface area contributed by atoms with E-state index in [2.05, 4.69) is 16.5 Å². The third-order valence-corrected chi connectivity index (χ3v) is 5.86. The molecule has 2 aromatic rings. The van der Waals surface area contributed by atoms with Crippen molar-refractivity contribution >= 4 is 29.0 Å². The summed E-state index contributed by atoms with van der Waals surface area (Å²) in [5, 5.41) is 8.60. The van der Waals surface area contributed by atoms with Gasteiger partial charge in [0.25, 0.3) is 5.91 Å². The Kier molecular flexibility index (Phi) is 4.33. The van der Waals surface area contributed by atoms with Crippen LogP contribution in [0.15, 0.2) is 22.0 Å². The van der Waals surface area contributed by atoms with Gasteiger partial charge < -0.3 is 14.7 Å². The molecule has 1 aliphatic heterocycles. The average Bonchev–Trinajstić information content (AvgIpc) is 3.20. The summed E-state index contributed by atoms with van der Waals surface area (Å²) in [6, 6.07) is 3.79. The molecule has 132 valence electrons. The van der Waals surface area contributed by atoms with Gasteiger partial charge in [0.1, 0.15) is 5.76 Å². The summed E-state index contributed by atoms with van der Waals surface area (Å²) in [5.41, 5.74) is 1.22. The number of aromatic nitrogens is 1. The SMILES string of the molecule is Cc1cc(NC(=O)C2CCN(C(=O)c3sccc3C3CC3)CC2)no1. The van der Waals surface area contributed by atoms with Gasteiger partial charge in [0.2, 0.25) is 5.91 Å². The third-order valence-electron chi connectivity index (χ3n) is 4.94. The van der Waals surface area contributed by atoms with E-state index in [0.717, 1.165) is 4.88 Å². The highest BCUT2D eigenvalue weighted by Crippen LogP contribution is 2.43. The van der Waals surface area contributed by atoms with Crippen LogP contribution in [0, 0.1) is 12.8 Å². The van der Waals surface area contributed by atoms with Crippen LogP contribution in [0.1, 0.15) is 52.6 Å². The second-order valence-electron chi connectivity index (χ2n) is 6.86. The molecule has 4 rings (SSSR count). The van der Waals surface area contributed by atoms with Crippen LogP contribution >= 0.6 is 11.3 Å². The molecule has 1 N–H and O–H groups in total. The molecule has 0 aromatic carbocycles. The minimum Gasteiger partial charge on any atom is -0.360 e. The van der Waals surface area contributed by atoms with Crippen molar-refractivity contribution in [1.29, 1.82) is 0 Å². The Balaban J connectivity index is 1.34. The molecule has 1 saturated carbocycles. The molecule has 0 spiro atoms. The molecule has 2 aromatic heterocycles. The number of carbonyl (C=O) groups excluding carboxylic acids is 2. The fourth-order valence-corrected chi connectivity index (χ4v) is 4.30. The van der Waals surface area contributed by atoms with Gasteiger partial charge in [-0.25, -0.2) is 0 Å². The molecule has 1 aliphatic carbocycles. The van der Waals surface area contributed by atoms with Crippen LogP contribution in [0.5, 0.6) is 0 Å². The summed E-state index contributed by atoms with van der Waals surface area (Å²) in [4.78, 5) is 27.9. The zero-order valence-electron chi connectivity index (χ0n) is 14.2. The number of rotatable bonds is 4.